The van der Waals surface area contributed by atoms with Gasteiger partial charge in [0.25, 0.3) is 0 Å². The number of nitrogens with zero attached hydrogens (tertiary/aromatic N) is 1. The summed E-state index contributed by atoms with van der Waals surface area (Å²) in [6, 6.07) is 5.68. The minimum absolute atomic E-state index is 0.150. The Bertz CT molecular complexity index is 850. The van der Waals surface area contributed by atoms with E-state index in [4.69, 9.17) is 9.47 Å². The van der Waals surface area contributed by atoms with Crippen LogP contribution < -0.4 is 5.32 Å². The van der Waals surface area contributed by atoms with Crippen LogP contribution in [0, 0.1) is 5.92 Å². The molecule has 0 spiro atoms. The summed E-state index contributed by atoms with van der Waals surface area (Å²) in [6.07, 6.45) is 0.637. The SMILES string of the molecule is COC(=O)[C@H](CCCCN(CC(C)C)S(=O)(=O)c1ccc(Br)cc1)NC(=O)OC(C)(C)C. The summed E-state index contributed by atoms with van der Waals surface area (Å²) >= 11 is 3.32. The molecule has 182 valence electrons. The number of unbranched alkanes of at least 4 members (excludes halogenated alkanes) is 1. The van der Waals surface area contributed by atoms with E-state index in [1.165, 1.54) is 11.4 Å². The van der Waals surface area contributed by atoms with E-state index in [0.29, 0.717) is 32.4 Å². The molecular formula is C22H35BrN2O6S. The number of carbonyl (C=O) groups excluding carboxylic acids is 2. The number of ether oxygens (including phenoxy) is 2. The molecule has 0 radical (unpaired) electrons. The molecule has 1 aromatic carbocycles. The Kier molecular flexibility index (Phi) is 11.1. The summed E-state index contributed by atoms with van der Waals surface area (Å²) in [7, 11) is -2.39. The highest BCUT2D eigenvalue weighted by molar-refractivity contribution is 9.10. The van der Waals surface area contributed by atoms with Crippen LogP contribution in [0.15, 0.2) is 33.6 Å². The molecule has 10 heteroatoms. The topological polar surface area (TPSA) is 102 Å². The highest BCUT2D eigenvalue weighted by Gasteiger charge is 2.27. The maximum Gasteiger partial charge on any atom is 0.408 e. The van der Waals surface area contributed by atoms with E-state index in [0.717, 1.165) is 4.47 Å². The normalized spacial score (nSPS) is 13.2. The van der Waals surface area contributed by atoms with Crippen molar-refractivity contribution in [3.8, 4) is 0 Å². The van der Waals surface area contributed by atoms with Crippen LogP contribution in [0.3, 0.4) is 0 Å². The van der Waals surface area contributed by atoms with Gasteiger partial charge >= 0.3 is 12.1 Å². The van der Waals surface area contributed by atoms with Crippen LogP contribution in [0.2, 0.25) is 0 Å². The molecule has 0 unspecified atom stereocenters. The maximum atomic E-state index is 13.1. The van der Waals surface area contributed by atoms with Gasteiger partial charge in [-0.15, -0.1) is 0 Å². The number of halogens is 1. The van der Waals surface area contributed by atoms with E-state index in [1.807, 2.05) is 13.8 Å². The third kappa shape index (κ3) is 9.87. The number of hydrogen-bond donors (Lipinski definition) is 1. The van der Waals surface area contributed by atoms with Gasteiger partial charge in [-0.05, 0) is 70.2 Å². The molecule has 32 heavy (non-hydrogen) atoms. The number of sulfonamides is 1. The van der Waals surface area contributed by atoms with Gasteiger partial charge in [-0.3, -0.25) is 0 Å². The van der Waals surface area contributed by atoms with Gasteiger partial charge in [0.2, 0.25) is 10.0 Å². The monoisotopic (exact) mass is 534 g/mol. The number of amides is 1. The maximum absolute atomic E-state index is 13.1. The number of alkyl carbamates (subject to hydrolysis) is 1. The lowest BCUT2D eigenvalue weighted by molar-refractivity contribution is -0.143. The molecule has 0 aliphatic rings. The van der Waals surface area contributed by atoms with Gasteiger partial charge in [0.1, 0.15) is 11.6 Å². The molecule has 1 atom stereocenters. The van der Waals surface area contributed by atoms with Gasteiger partial charge in [-0.2, -0.15) is 4.31 Å². The van der Waals surface area contributed by atoms with E-state index in [1.54, 1.807) is 45.0 Å². The van der Waals surface area contributed by atoms with Gasteiger partial charge in [0, 0.05) is 17.6 Å². The lowest BCUT2D eigenvalue weighted by atomic mass is 10.1. The molecule has 1 aromatic rings. The van der Waals surface area contributed by atoms with Crippen LogP contribution in [0.1, 0.15) is 53.9 Å². The predicted molar refractivity (Wildman–Crippen MR) is 127 cm³/mol. The average Bonchev–Trinajstić information content (AvgIpc) is 2.67. The smallest absolute Gasteiger partial charge is 0.408 e. The Labute approximate surface area is 200 Å². The highest BCUT2D eigenvalue weighted by Crippen LogP contribution is 2.21. The molecule has 1 rings (SSSR count). The van der Waals surface area contributed by atoms with Crippen molar-refractivity contribution in [1.29, 1.82) is 0 Å². The summed E-state index contributed by atoms with van der Waals surface area (Å²) in [6.45, 7) is 9.80. The number of benzene rings is 1. The standard InChI is InChI=1S/C22H35BrN2O6S/c1-16(2)15-25(32(28,29)18-12-10-17(23)11-13-18)14-8-7-9-19(20(26)30-6)24-21(27)31-22(3,4)5/h10-13,16,19H,7-9,14-15H2,1-6H3,(H,24,27)/t19-/m0/s1. The molecule has 0 aliphatic heterocycles. The number of esters is 1. The van der Waals surface area contributed by atoms with Crippen molar-refractivity contribution in [2.75, 3.05) is 20.2 Å². The molecular weight excluding hydrogens is 500 g/mol. The molecule has 0 fully saturated rings. The second-order valence-corrected chi connectivity index (χ2v) is 11.8. The van der Waals surface area contributed by atoms with Crippen LogP contribution in [-0.2, 0) is 24.3 Å². The number of methoxy groups -OCH3 is 1. The molecule has 0 aromatic heterocycles. The number of rotatable bonds is 11. The molecule has 8 nitrogen and oxygen atoms in total. The van der Waals surface area contributed by atoms with E-state index in [2.05, 4.69) is 21.2 Å². The van der Waals surface area contributed by atoms with Crippen LogP contribution in [0.25, 0.3) is 0 Å². The third-order valence-corrected chi connectivity index (χ3v) is 6.76. The number of nitrogens with one attached hydrogen (secondary N) is 1. The second-order valence-electron chi connectivity index (χ2n) is 8.93. The van der Waals surface area contributed by atoms with E-state index >= 15 is 0 Å². The summed E-state index contributed by atoms with van der Waals surface area (Å²) in [5.74, 6) is -0.422. The summed E-state index contributed by atoms with van der Waals surface area (Å²) < 4.78 is 38.5. The van der Waals surface area contributed by atoms with E-state index in [9.17, 15) is 18.0 Å². The largest absolute Gasteiger partial charge is 0.467 e. The predicted octanol–water partition coefficient (Wildman–Crippen LogP) is 4.33. The minimum atomic E-state index is -3.64. The van der Waals surface area contributed by atoms with Gasteiger partial charge < -0.3 is 14.8 Å². The van der Waals surface area contributed by atoms with Gasteiger partial charge in [0.15, 0.2) is 0 Å². The van der Waals surface area contributed by atoms with Crippen LogP contribution >= 0.6 is 15.9 Å². The zero-order valence-electron chi connectivity index (χ0n) is 19.7. The molecule has 0 saturated heterocycles. The molecule has 1 N–H and O–H groups in total. The van der Waals surface area contributed by atoms with E-state index in [-0.39, 0.29) is 10.8 Å². The van der Waals surface area contributed by atoms with Crippen molar-refractivity contribution in [3.63, 3.8) is 0 Å². The van der Waals surface area contributed by atoms with Crippen LogP contribution in [0.4, 0.5) is 4.79 Å². The first kappa shape index (κ1) is 28.4. The highest BCUT2D eigenvalue weighted by atomic mass is 79.9. The fourth-order valence-electron chi connectivity index (χ4n) is 2.95. The zero-order valence-corrected chi connectivity index (χ0v) is 22.1. The van der Waals surface area contributed by atoms with Gasteiger partial charge in [-0.25, -0.2) is 18.0 Å². The number of hydrogen-bond acceptors (Lipinski definition) is 6. The van der Waals surface area contributed by atoms with E-state index < -0.39 is 33.7 Å². The first-order valence-electron chi connectivity index (χ1n) is 10.6. The van der Waals surface area contributed by atoms with Crippen molar-refractivity contribution in [1.82, 2.24) is 9.62 Å². The Morgan fingerprint density at radius 1 is 1.12 bits per heavy atom. The summed E-state index contributed by atoms with van der Waals surface area (Å²) in [5.41, 5.74) is -0.691. The average molecular weight is 536 g/mol. The Morgan fingerprint density at radius 2 is 1.72 bits per heavy atom. The first-order chi connectivity index (χ1) is 14.8. The van der Waals surface area contributed by atoms with Gasteiger partial charge in [-0.1, -0.05) is 29.8 Å². The molecule has 0 aliphatic carbocycles. The van der Waals surface area contributed by atoms with Crippen molar-refractivity contribution in [3.05, 3.63) is 28.7 Å². The van der Waals surface area contributed by atoms with Crippen molar-refractivity contribution >= 4 is 38.0 Å². The summed E-state index contributed by atoms with van der Waals surface area (Å²) in [4.78, 5) is 24.3. The zero-order chi connectivity index (χ0) is 24.5. The first-order valence-corrected chi connectivity index (χ1v) is 12.8. The molecule has 0 bridgehead atoms. The Morgan fingerprint density at radius 3 is 2.22 bits per heavy atom. The van der Waals surface area contributed by atoms with Crippen molar-refractivity contribution in [2.24, 2.45) is 5.92 Å². The molecule has 0 saturated carbocycles. The fourth-order valence-corrected chi connectivity index (χ4v) is 4.86. The quantitative estimate of drug-likeness (QED) is 0.334. The second kappa shape index (κ2) is 12.6. The Hall–Kier alpha value is -1.65. The molecule has 0 heterocycles. The minimum Gasteiger partial charge on any atom is -0.467 e. The molecule has 1 amide bonds. The van der Waals surface area contributed by atoms with Crippen LogP contribution in [-0.4, -0.2) is 56.6 Å². The lowest BCUT2D eigenvalue weighted by Gasteiger charge is -2.25. The van der Waals surface area contributed by atoms with Crippen LogP contribution in [0.5, 0.6) is 0 Å². The Balaban J connectivity index is 2.78. The fraction of sp³-hybridized carbons (Fsp3) is 0.636. The summed E-state index contributed by atoms with van der Waals surface area (Å²) in [5, 5.41) is 2.53. The van der Waals surface area contributed by atoms with Crippen molar-refractivity contribution in [2.45, 2.75) is 70.4 Å². The number of carbonyl (C=O) groups is 2. The van der Waals surface area contributed by atoms with Gasteiger partial charge in [0.05, 0.1) is 12.0 Å². The lowest BCUT2D eigenvalue weighted by Crippen LogP contribution is -2.44. The third-order valence-electron chi connectivity index (χ3n) is 4.35. The van der Waals surface area contributed by atoms with Crippen molar-refractivity contribution < 1.29 is 27.5 Å².